The number of fused-ring (bicyclic) bond motifs is 1. The van der Waals surface area contributed by atoms with Crippen LogP contribution < -0.4 is 5.32 Å². The molecule has 0 atom stereocenters. The van der Waals surface area contributed by atoms with Crippen LogP contribution >= 0.6 is 0 Å². The lowest BCUT2D eigenvalue weighted by molar-refractivity contribution is -0.116. The molecule has 0 radical (unpaired) electrons. The van der Waals surface area contributed by atoms with Crippen LogP contribution in [0.2, 0.25) is 0 Å². The molecule has 1 N–H and O–H groups in total. The van der Waals surface area contributed by atoms with Gasteiger partial charge in [-0.1, -0.05) is 0 Å². The summed E-state index contributed by atoms with van der Waals surface area (Å²) in [4.78, 5) is 19.6. The number of hydrogen-bond donors (Lipinski definition) is 1. The Morgan fingerprint density at radius 1 is 1.44 bits per heavy atom. The van der Waals surface area contributed by atoms with Crippen molar-refractivity contribution in [1.29, 1.82) is 0 Å². The van der Waals surface area contributed by atoms with Crippen molar-refractivity contribution in [2.45, 2.75) is 13.0 Å². The van der Waals surface area contributed by atoms with E-state index in [4.69, 9.17) is 0 Å². The summed E-state index contributed by atoms with van der Waals surface area (Å²) >= 11 is 0. The van der Waals surface area contributed by atoms with Crippen molar-refractivity contribution in [3.63, 3.8) is 0 Å². The zero-order chi connectivity index (χ0) is 11.0. The van der Waals surface area contributed by atoms with Gasteiger partial charge < -0.3 is 4.57 Å². The summed E-state index contributed by atoms with van der Waals surface area (Å²) in [5.41, 5.74) is 1.80. The molecule has 16 heavy (non-hydrogen) atoms. The van der Waals surface area contributed by atoms with Crippen molar-refractivity contribution in [3.05, 3.63) is 30.7 Å². The van der Waals surface area contributed by atoms with E-state index in [-0.39, 0.29) is 5.91 Å². The molecule has 1 amide bonds. The van der Waals surface area contributed by atoms with Gasteiger partial charge in [-0.25, -0.2) is 4.98 Å². The molecule has 1 aliphatic heterocycles. The smallest absolute Gasteiger partial charge is 0.228 e. The average Bonchev–Trinajstić information content (AvgIpc) is 2.73. The zero-order valence-electron chi connectivity index (χ0n) is 8.55. The molecule has 0 aromatic carbocycles. The Morgan fingerprint density at radius 3 is 3.19 bits per heavy atom. The normalized spacial score (nSPS) is 14.4. The van der Waals surface area contributed by atoms with E-state index in [1.54, 1.807) is 12.4 Å². The Bertz CT molecular complexity index is 532. The highest BCUT2D eigenvalue weighted by Crippen LogP contribution is 2.22. The van der Waals surface area contributed by atoms with E-state index in [1.165, 1.54) is 0 Å². The molecule has 0 aliphatic carbocycles. The fourth-order valence-electron chi connectivity index (χ4n) is 1.75. The third-order valence-electron chi connectivity index (χ3n) is 2.56. The van der Waals surface area contributed by atoms with Gasteiger partial charge in [0.1, 0.15) is 0 Å². The van der Waals surface area contributed by atoms with E-state index < -0.39 is 0 Å². The average molecular weight is 214 g/mol. The molecule has 1 aliphatic rings. The van der Waals surface area contributed by atoms with E-state index in [9.17, 15) is 4.79 Å². The molecule has 0 saturated carbocycles. The predicted molar refractivity (Wildman–Crippen MR) is 58.7 cm³/mol. The summed E-state index contributed by atoms with van der Waals surface area (Å²) in [6.45, 7) is 0.689. The number of carbonyl (C=O) groups is 1. The van der Waals surface area contributed by atoms with Crippen molar-refractivity contribution < 1.29 is 4.79 Å². The third kappa shape index (κ3) is 1.46. The van der Waals surface area contributed by atoms with E-state index in [2.05, 4.69) is 15.3 Å². The zero-order valence-corrected chi connectivity index (χ0v) is 8.55. The highest BCUT2D eigenvalue weighted by molar-refractivity contribution is 5.90. The summed E-state index contributed by atoms with van der Waals surface area (Å²) in [5, 5.41) is 2.74. The Balaban J connectivity index is 2.02. The van der Waals surface area contributed by atoms with Crippen LogP contribution in [0.5, 0.6) is 0 Å². The number of aryl methyl sites for hydroxylation is 1. The minimum Gasteiger partial charge on any atom is -0.316 e. The summed E-state index contributed by atoms with van der Waals surface area (Å²) in [6, 6.07) is 3.81. The van der Waals surface area contributed by atoms with Gasteiger partial charge in [0.15, 0.2) is 0 Å². The van der Waals surface area contributed by atoms with Crippen LogP contribution in [-0.2, 0) is 11.3 Å². The van der Waals surface area contributed by atoms with Gasteiger partial charge >= 0.3 is 0 Å². The maximum atomic E-state index is 11.2. The second kappa shape index (κ2) is 3.44. The number of nitrogens with zero attached hydrogens (tertiary/aromatic N) is 3. The molecule has 3 rings (SSSR count). The van der Waals surface area contributed by atoms with Gasteiger partial charge in [-0.3, -0.25) is 15.1 Å². The molecule has 0 saturated heterocycles. The molecule has 0 spiro atoms. The lowest BCUT2D eigenvalue weighted by Gasteiger charge is -2.13. The van der Waals surface area contributed by atoms with Crippen molar-refractivity contribution in [1.82, 2.24) is 14.5 Å². The first-order chi connectivity index (χ1) is 7.83. The molecule has 5 heteroatoms. The highest BCUT2D eigenvalue weighted by atomic mass is 16.1. The molecule has 2 aromatic rings. The minimum atomic E-state index is 0.0239. The first kappa shape index (κ1) is 9.08. The predicted octanol–water partition coefficient (Wildman–Crippen LogP) is 1.29. The molecule has 80 valence electrons. The molecular weight excluding hydrogens is 204 g/mol. The van der Waals surface area contributed by atoms with E-state index >= 15 is 0 Å². The SMILES string of the molecule is O=C1CCn2cc(-c3cccnc3)nc2N1. The second-order valence-electron chi connectivity index (χ2n) is 3.68. The van der Waals surface area contributed by atoms with Crippen LogP contribution in [0.15, 0.2) is 30.7 Å². The van der Waals surface area contributed by atoms with Crippen LogP contribution in [0.3, 0.4) is 0 Å². The van der Waals surface area contributed by atoms with Crippen LogP contribution in [0, 0.1) is 0 Å². The number of carbonyl (C=O) groups excluding carboxylic acids is 1. The number of rotatable bonds is 1. The quantitative estimate of drug-likeness (QED) is 0.778. The standard InChI is InChI=1S/C11H10N4O/c16-10-3-5-15-7-9(13-11(15)14-10)8-2-1-4-12-6-8/h1-2,4,6-7H,3,5H2,(H,13,14,16). The third-order valence-corrected chi connectivity index (χ3v) is 2.56. The molecule has 3 heterocycles. The Kier molecular flexibility index (Phi) is 1.96. The molecule has 0 fully saturated rings. The molecule has 5 nitrogen and oxygen atoms in total. The van der Waals surface area contributed by atoms with Gasteiger partial charge in [-0.05, 0) is 12.1 Å². The second-order valence-corrected chi connectivity index (χ2v) is 3.68. The number of hydrogen-bond acceptors (Lipinski definition) is 3. The number of nitrogens with one attached hydrogen (secondary N) is 1. The van der Waals surface area contributed by atoms with Gasteiger partial charge in [-0.2, -0.15) is 0 Å². The Hall–Kier alpha value is -2.17. The lowest BCUT2D eigenvalue weighted by Crippen LogP contribution is -2.22. The largest absolute Gasteiger partial charge is 0.316 e. The summed E-state index contributed by atoms with van der Waals surface area (Å²) in [7, 11) is 0. The Morgan fingerprint density at radius 2 is 2.38 bits per heavy atom. The molecule has 0 unspecified atom stereocenters. The van der Waals surface area contributed by atoms with E-state index in [1.807, 2.05) is 22.9 Å². The van der Waals surface area contributed by atoms with Crippen LogP contribution in [0.4, 0.5) is 5.95 Å². The monoisotopic (exact) mass is 214 g/mol. The molecular formula is C11H10N4O. The van der Waals surface area contributed by atoms with Crippen molar-refractivity contribution in [2.75, 3.05) is 5.32 Å². The van der Waals surface area contributed by atoms with E-state index in [0.717, 1.165) is 11.3 Å². The number of pyridine rings is 1. The molecule has 2 aromatic heterocycles. The summed E-state index contributed by atoms with van der Waals surface area (Å²) in [5.74, 6) is 0.644. The number of anilines is 1. The maximum absolute atomic E-state index is 11.2. The van der Waals surface area contributed by atoms with Crippen LogP contribution in [-0.4, -0.2) is 20.4 Å². The summed E-state index contributed by atoms with van der Waals surface area (Å²) < 4.78 is 1.95. The van der Waals surface area contributed by atoms with Crippen molar-refractivity contribution in [3.8, 4) is 11.3 Å². The van der Waals surface area contributed by atoms with Crippen molar-refractivity contribution in [2.24, 2.45) is 0 Å². The minimum absolute atomic E-state index is 0.0239. The maximum Gasteiger partial charge on any atom is 0.228 e. The first-order valence-electron chi connectivity index (χ1n) is 5.10. The van der Waals surface area contributed by atoms with Gasteiger partial charge in [0.2, 0.25) is 11.9 Å². The van der Waals surface area contributed by atoms with Gasteiger partial charge in [0.25, 0.3) is 0 Å². The van der Waals surface area contributed by atoms with Gasteiger partial charge in [-0.15, -0.1) is 0 Å². The van der Waals surface area contributed by atoms with Crippen LogP contribution in [0.25, 0.3) is 11.3 Å². The van der Waals surface area contributed by atoms with E-state index in [0.29, 0.717) is 18.9 Å². The summed E-state index contributed by atoms with van der Waals surface area (Å²) in [6.07, 6.45) is 5.93. The fraction of sp³-hybridized carbons (Fsp3) is 0.182. The fourth-order valence-corrected chi connectivity index (χ4v) is 1.75. The number of imidazole rings is 1. The lowest BCUT2D eigenvalue weighted by atomic mass is 10.2. The first-order valence-corrected chi connectivity index (χ1v) is 5.10. The Labute approximate surface area is 92.1 Å². The van der Waals surface area contributed by atoms with Crippen molar-refractivity contribution >= 4 is 11.9 Å². The topological polar surface area (TPSA) is 59.8 Å². The van der Waals surface area contributed by atoms with Gasteiger partial charge in [0, 0.05) is 37.1 Å². The molecule has 0 bridgehead atoms. The highest BCUT2D eigenvalue weighted by Gasteiger charge is 2.17. The van der Waals surface area contributed by atoms with Crippen LogP contribution in [0.1, 0.15) is 6.42 Å². The number of aromatic nitrogens is 3. The van der Waals surface area contributed by atoms with Gasteiger partial charge in [0.05, 0.1) is 5.69 Å². The number of amides is 1.